The van der Waals surface area contributed by atoms with E-state index in [-0.39, 0.29) is 0 Å². The molecular weight excluding hydrogens is 244 g/mol. The van der Waals surface area contributed by atoms with Crippen molar-refractivity contribution in [2.75, 3.05) is 0 Å². The zero-order valence-corrected chi connectivity index (χ0v) is 11.4. The van der Waals surface area contributed by atoms with Crippen LogP contribution in [0.15, 0.2) is 42.7 Å². The van der Waals surface area contributed by atoms with Gasteiger partial charge in [-0.1, -0.05) is 29.8 Å². The summed E-state index contributed by atoms with van der Waals surface area (Å²) in [6, 6.07) is 10.4. The molecule has 1 N–H and O–H groups in total. The summed E-state index contributed by atoms with van der Waals surface area (Å²) < 4.78 is 0. The van der Waals surface area contributed by atoms with E-state index in [4.69, 9.17) is 11.6 Å². The van der Waals surface area contributed by atoms with Crippen molar-refractivity contribution < 1.29 is 0 Å². The van der Waals surface area contributed by atoms with Gasteiger partial charge in [0.1, 0.15) is 0 Å². The molecule has 0 aliphatic rings. The minimum absolute atomic E-state index is 0.294. The average Bonchev–Trinajstić information content (AvgIpc) is 2.37. The smallest absolute Gasteiger partial charge is 0.0406 e. The fraction of sp³-hybridized carbons (Fsp3) is 0.267. The summed E-state index contributed by atoms with van der Waals surface area (Å²) in [5.41, 5.74) is 3.63. The number of pyridine rings is 1. The van der Waals surface area contributed by atoms with Gasteiger partial charge < -0.3 is 5.32 Å². The Bertz CT molecular complexity index is 508. The van der Waals surface area contributed by atoms with Crippen LogP contribution in [0.5, 0.6) is 0 Å². The van der Waals surface area contributed by atoms with Gasteiger partial charge in [-0.15, -0.1) is 0 Å². The molecule has 2 nitrogen and oxygen atoms in total. The van der Waals surface area contributed by atoms with Gasteiger partial charge in [0.15, 0.2) is 0 Å². The van der Waals surface area contributed by atoms with Gasteiger partial charge in [0.25, 0.3) is 0 Å². The van der Waals surface area contributed by atoms with Crippen LogP contribution in [-0.2, 0) is 6.54 Å². The molecule has 0 unspecified atom stereocenters. The summed E-state index contributed by atoms with van der Waals surface area (Å²) in [6.45, 7) is 5.02. The first-order valence-electron chi connectivity index (χ1n) is 6.04. The normalized spacial score (nSPS) is 12.4. The molecule has 0 saturated heterocycles. The molecule has 0 saturated carbocycles. The number of aromatic nitrogens is 1. The van der Waals surface area contributed by atoms with E-state index in [1.807, 2.05) is 24.5 Å². The SMILES string of the molecule is Cc1cncc(CN[C@@H](C)c2ccc(Cl)cc2)c1. The number of nitrogens with one attached hydrogen (secondary N) is 1. The van der Waals surface area contributed by atoms with E-state index < -0.39 is 0 Å². The highest BCUT2D eigenvalue weighted by Gasteiger charge is 2.04. The van der Waals surface area contributed by atoms with Crippen LogP contribution >= 0.6 is 11.6 Å². The molecule has 3 heteroatoms. The Kier molecular flexibility index (Phi) is 4.34. The molecule has 1 heterocycles. The Morgan fingerprint density at radius 3 is 2.61 bits per heavy atom. The molecule has 0 spiro atoms. The summed E-state index contributed by atoms with van der Waals surface area (Å²) in [7, 11) is 0. The van der Waals surface area contributed by atoms with Crippen molar-refractivity contribution in [2.45, 2.75) is 26.4 Å². The molecule has 0 fully saturated rings. The van der Waals surface area contributed by atoms with Crippen LogP contribution in [0.3, 0.4) is 0 Å². The third-order valence-electron chi connectivity index (χ3n) is 2.91. The van der Waals surface area contributed by atoms with Crippen LogP contribution in [0, 0.1) is 6.92 Å². The Balaban J connectivity index is 1.96. The molecule has 1 atom stereocenters. The third kappa shape index (κ3) is 3.56. The molecule has 1 aromatic carbocycles. The van der Waals surface area contributed by atoms with Crippen LogP contribution in [-0.4, -0.2) is 4.98 Å². The minimum Gasteiger partial charge on any atom is -0.306 e. The van der Waals surface area contributed by atoms with E-state index in [0.717, 1.165) is 11.6 Å². The number of halogens is 1. The number of hydrogen-bond acceptors (Lipinski definition) is 2. The van der Waals surface area contributed by atoms with Gasteiger partial charge in [-0.05, 0) is 42.7 Å². The molecule has 0 aliphatic carbocycles. The molecule has 2 rings (SSSR count). The van der Waals surface area contributed by atoms with Crippen LogP contribution in [0.1, 0.15) is 29.7 Å². The second-order valence-corrected chi connectivity index (χ2v) is 4.96. The topological polar surface area (TPSA) is 24.9 Å². The van der Waals surface area contributed by atoms with Gasteiger partial charge >= 0.3 is 0 Å². The predicted molar refractivity (Wildman–Crippen MR) is 75.7 cm³/mol. The lowest BCUT2D eigenvalue weighted by Gasteiger charge is -2.14. The summed E-state index contributed by atoms with van der Waals surface area (Å²) in [5, 5.41) is 4.25. The highest BCUT2D eigenvalue weighted by molar-refractivity contribution is 6.30. The largest absolute Gasteiger partial charge is 0.306 e. The Hall–Kier alpha value is -1.38. The van der Waals surface area contributed by atoms with Gasteiger partial charge in [0.2, 0.25) is 0 Å². The molecule has 0 bridgehead atoms. The molecule has 94 valence electrons. The van der Waals surface area contributed by atoms with Crippen LogP contribution in [0.4, 0.5) is 0 Å². The lowest BCUT2D eigenvalue weighted by molar-refractivity contribution is 0.573. The molecule has 0 radical (unpaired) electrons. The fourth-order valence-corrected chi connectivity index (χ4v) is 1.98. The van der Waals surface area contributed by atoms with Crippen molar-refractivity contribution >= 4 is 11.6 Å². The van der Waals surface area contributed by atoms with E-state index >= 15 is 0 Å². The van der Waals surface area contributed by atoms with Crippen molar-refractivity contribution in [1.82, 2.24) is 10.3 Å². The minimum atomic E-state index is 0.294. The highest BCUT2D eigenvalue weighted by atomic mass is 35.5. The third-order valence-corrected chi connectivity index (χ3v) is 3.17. The van der Waals surface area contributed by atoms with Gasteiger partial charge in [-0.3, -0.25) is 4.98 Å². The Labute approximate surface area is 113 Å². The molecule has 0 aliphatic heterocycles. The van der Waals surface area contributed by atoms with Crippen molar-refractivity contribution in [3.8, 4) is 0 Å². The average molecular weight is 261 g/mol. The van der Waals surface area contributed by atoms with Gasteiger partial charge in [-0.25, -0.2) is 0 Å². The van der Waals surface area contributed by atoms with E-state index in [1.54, 1.807) is 0 Å². The van der Waals surface area contributed by atoms with E-state index in [9.17, 15) is 0 Å². The summed E-state index contributed by atoms with van der Waals surface area (Å²) in [5.74, 6) is 0. The first-order valence-corrected chi connectivity index (χ1v) is 6.42. The number of benzene rings is 1. The van der Waals surface area contributed by atoms with Gasteiger partial charge in [0.05, 0.1) is 0 Å². The Morgan fingerprint density at radius 2 is 1.94 bits per heavy atom. The van der Waals surface area contributed by atoms with E-state index in [0.29, 0.717) is 6.04 Å². The van der Waals surface area contributed by atoms with Crippen molar-refractivity contribution in [1.29, 1.82) is 0 Å². The number of rotatable bonds is 4. The zero-order valence-electron chi connectivity index (χ0n) is 10.7. The second kappa shape index (κ2) is 5.98. The predicted octanol–water partition coefficient (Wildman–Crippen LogP) is 3.89. The molecular formula is C15H17ClN2. The summed E-state index contributed by atoms with van der Waals surface area (Å²) in [6.07, 6.45) is 3.76. The highest BCUT2D eigenvalue weighted by Crippen LogP contribution is 2.16. The monoisotopic (exact) mass is 260 g/mol. The maximum Gasteiger partial charge on any atom is 0.0406 e. The van der Waals surface area contributed by atoms with Crippen molar-refractivity contribution in [3.05, 3.63) is 64.4 Å². The zero-order chi connectivity index (χ0) is 13.0. The number of aryl methyl sites for hydroxylation is 1. The first kappa shape index (κ1) is 13.1. The lowest BCUT2D eigenvalue weighted by Crippen LogP contribution is -2.18. The molecule has 2 aromatic rings. The van der Waals surface area contributed by atoms with Crippen LogP contribution in [0.25, 0.3) is 0 Å². The van der Waals surface area contributed by atoms with Gasteiger partial charge in [-0.2, -0.15) is 0 Å². The summed E-state index contributed by atoms with van der Waals surface area (Å²) >= 11 is 5.88. The number of nitrogens with zero attached hydrogens (tertiary/aromatic N) is 1. The quantitative estimate of drug-likeness (QED) is 0.902. The standard InChI is InChI=1S/C15H17ClN2/c1-11-7-13(9-17-8-11)10-18-12(2)14-3-5-15(16)6-4-14/h3-9,12,18H,10H2,1-2H3/t12-/m0/s1. The van der Waals surface area contributed by atoms with Crippen LogP contribution in [0.2, 0.25) is 5.02 Å². The molecule has 18 heavy (non-hydrogen) atoms. The molecule has 1 aromatic heterocycles. The maximum absolute atomic E-state index is 5.88. The number of hydrogen-bond donors (Lipinski definition) is 1. The fourth-order valence-electron chi connectivity index (χ4n) is 1.85. The van der Waals surface area contributed by atoms with E-state index in [1.165, 1.54) is 16.7 Å². The van der Waals surface area contributed by atoms with Gasteiger partial charge in [0, 0.05) is 30.0 Å². The molecule has 0 amide bonds. The lowest BCUT2D eigenvalue weighted by atomic mass is 10.1. The van der Waals surface area contributed by atoms with Crippen LogP contribution < -0.4 is 5.32 Å². The maximum atomic E-state index is 5.88. The second-order valence-electron chi connectivity index (χ2n) is 4.52. The Morgan fingerprint density at radius 1 is 1.22 bits per heavy atom. The first-order chi connectivity index (χ1) is 8.65. The van der Waals surface area contributed by atoms with E-state index in [2.05, 4.69) is 42.3 Å². The van der Waals surface area contributed by atoms with Crippen molar-refractivity contribution in [2.24, 2.45) is 0 Å². The summed E-state index contributed by atoms with van der Waals surface area (Å²) in [4.78, 5) is 4.19. The van der Waals surface area contributed by atoms with Crippen molar-refractivity contribution in [3.63, 3.8) is 0 Å².